The molecule has 0 bridgehead atoms. The van der Waals surface area contributed by atoms with Crippen LogP contribution in [0.2, 0.25) is 0 Å². The summed E-state index contributed by atoms with van der Waals surface area (Å²) in [6.45, 7) is 4.60. The summed E-state index contributed by atoms with van der Waals surface area (Å²) >= 11 is 1.69. The first kappa shape index (κ1) is 33.9. The molecule has 2 saturated carbocycles. The Bertz CT molecular complexity index is 1880. The molecule has 3 fully saturated rings. The van der Waals surface area contributed by atoms with E-state index in [0.717, 1.165) is 59.4 Å². The fourth-order valence-corrected chi connectivity index (χ4v) is 9.24. The Morgan fingerprint density at radius 3 is 2.59 bits per heavy atom. The number of nitrogens with one attached hydrogen (secondary N) is 2. The highest BCUT2D eigenvalue weighted by atomic mass is 32.1. The third-order valence-electron chi connectivity index (χ3n) is 11.2. The number of benzene rings is 2. The first-order valence-corrected chi connectivity index (χ1v) is 20.0. The number of fused-ring (bicyclic) bond motifs is 3. The van der Waals surface area contributed by atoms with Gasteiger partial charge in [0.2, 0.25) is 11.8 Å². The van der Waals surface area contributed by atoms with Gasteiger partial charge >= 0.3 is 0 Å². The van der Waals surface area contributed by atoms with E-state index < -0.39 is 12.1 Å². The minimum atomic E-state index is -0.616. The fraction of sp³-hybridized carbons (Fsp3) is 0.512. The Kier molecular flexibility index (Phi) is 9.86. The Hall–Kier alpha value is -4.18. The van der Waals surface area contributed by atoms with E-state index in [4.69, 9.17) is 14.7 Å². The number of imidazole rings is 1. The summed E-state index contributed by atoms with van der Waals surface area (Å²) in [4.78, 5) is 40.5. The SMILES string of the molecule is CC(C)n1c(OC2CC3C(=O)NC4CC4C=CCCCCCC(Nc4ccccc4)C(=O)N3C2)nc2c(-c3nc(C4CCCC4)cs3)cccc21. The largest absolute Gasteiger partial charge is 0.459 e. The maximum Gasteiger partial charge on any atom is 0.297 e. The van der Waals surface area contributed by atoms with Gasteiger partial charge in [0, 0.05) is 41.1 Å². The number of hydrogen-bond acceptors (Lipinski definition) is 7. The van der Waals surface area contributed by atoms with E-state index in [1.165, 1.54) is 31.4 Å². The Labute approximate surface area is 304 Å². The van der Waals surface area contributed by atoms with Crippen LogP contribution in [0.5, 0.6) is 6.01 Å². The van der Waals surface area contributed by atoms with Crippen molar-refractivity contribution >= 4 is 39.9 Å². The summed E-state index contributed by atoms with van der Waals surface area (Å²) in [5.41, 5.74) is 4.99. The van der Waals surface area contributed by atoms with Crippen molar-refractivity contribution in [2.75, 3.05) is 11.9 Å². The van der Waals surface area contributed by atoms with Gasteiger partial charge in [0.05, 0.1) is 17.8 Å². The summed E-state index contributed by atoms with van der Waals surface area (Å²) in [7, 11) is 0. The molecule has 0 radical (unpaired) electrons. The van der Waals surface area contributed by atoms with Crippen molar-refractivity contribution in [3.05, 3.63) is 71.8 Å². The van der Waals surface area contributed by atoms with Crippen molar-refractivity contribution in [2.45, 2.75) is 121 Å². The van der Waals surface area contributed by atoms with Crippen molar-refractivity contribution in [1.82, 2.24) is 24.8 Å². The molecule has 10 heteroatoms. The zero-order valence-electron chi connectivity index (χ0n) is 29.8. The molecule has 9 nitrogen and oxygen atoms in total. The van der Waals surface area contributed by atoms with Gasteiger partial charge in [-0.3, -0.25) is 14.2 Å². The average Bonchev–Trinajstić information content (AvgIpc) is 3.68. The van der Waals surface area contributed by atoms with Gasteiger partial charge in [-0.2, -0.15) is 4.98 Å². The number of allylic oxidation sites excluding steroid dienone is 1. The molecule has 8 rings (SSSR count). The van der Waals surface area contributed by atoms with E-state index in [9.17, 15) is 9.59 Å². The quantitative estimate of drug-likeness (QED) is 0.188. The van der Waals surface area contributed by atoms with Gasteiger partial charge in [0.15, 0.2) is 0 Å². The Morgan fingerprint density at radius 2 is 1.76 bits per heavy atom. The van der Waals surface area contributed by atoms with Crippen molar-refractivity contribution in [3.63, 3.8) is 0 Å². The van der Waals surface area contributed by atoms with Crippen LogP contribution in [-0.4, -0.2) is 62.0 Å². The van der Waals surface area contributed by atoms with Gasteiger partial charge in [0.1, 0.15) is 28.7 Å². The van der Waals surface area contributed by atoms with E-state index in [0.29, 0.717) is 37.2 Å². The number of thiazole rings is 1. The topological polar surface area (TPSA) is 101 Å². The average molecular weight is 707 g/mol. The second-order valence-electron chi connectivity index (χ2n) is 15.2. The van der Waals surface area contributed by atoms with Crippen LogP contribution in [0.15, 0.2) is 66.1 Å². The van der Waals surface area contributed by atoms with E-state index >= 15 is 0 Å². The van der Waals surface area contributed by atoms with Gasteiger partial charge in [-0.05, 0) is 82.6 Å². The van der Waals surface area contributed by atoms with Crippen molar-refractivity contribution in [2.24, 2.45) is 5.92 Å². The number of hydrogen-bond donors (Lipinski definition) is 2. The lowest BCUT2D eigenvalue weighted by Gasteiger charge is -2.29. The number of rotatable bonds is 7. The molecule has 2 aliphatic heterocycles. The third kappa shape index (κ3) is 7.30. The van der Waals surface area contributed by atoms with Gasteiger partial charge < -0.3 is 20.3 Å². The fourth-order valence-electron chi connectivity index (χ4n) is 8.32. The van der Waals surface area contributed by atoms with Gasteiger partial charge in [-0.15, -0.1) is 11.3 Å². The minimum Gasteiger partial charge on any atom is -0.459 e. The molecule has 5 unspecified atom stereocenters. The minimum absolute atomic E-state index is 0.0491. The number of anilines is 1. The Morgan fingerprint density at radius 1 is 0.941 bits per heavy atom. The molecular weight excluding hydrogens is 657 g/mol. The summed E-state index contributed by atoms with van der Waals surface area (Å²) in [6.07, 6.45) is 15.3. The van der Waals surface area contributed by atoms with E-state index in [1.807, 2.05) is 30.3 Å². The van der Waals surface area contributed by atoms with E-state index in [-0.39, 0.29) is 30.0 Å². The van der Waals surface area contributed by atoms with Crippen LogP contribution < -0.4 is 15.4 Å². The zero-order valence-corrected chi connectivity index (χ0v) is 30.6. The number of nitrogens with zero attached hydrogens (tertiary/aromatic N) is 4. The predicted molar refractivity (Wildman–Crippen MR) is 203 cm³/mol. The van der Waals surface area contributed by atoms with Crippen molar-refractivity contribution < 1.29 is 14.3 Å². The van der Waals surface area contributed by atoms with Crippen LogP contribution in [-0.2, 0) is 9.59 Å². The summed E-state index contributed by atoms with van der Waals surface area (Å²) < 4.78 is 8.93. The molecule has 2 aliphatic carbocycles. The number of amides is 2. The number of ether oxygens (including phenoxy) is 1. The monoisotopic (exact) mass is 706 g/mol. The van der Waals surface area contributed by atoms with E-state index in [1.54, 1.807) is 16.2 Å². The van der Waals surface area contributed by atoms with Crippen molar-refractivity contribution in [1.29, 1.82) is 0 Å². The predicted octanol–water partition coefficient (Wildman–Crippen LogP) is 8.25. The van der Waals surface area contributed by atoms with Gasteiger partial charge in [-0.25, -0.2) is 4.98 Å². The maximum absolute atomic E-state index is 14.5. The molecule has 2 aromatic heterocycles. The highest BCUT2D eigenvalue weighted by Crippen LogP contribution is 2.40. The molecule has 0 spiro atoms. The molecule has 4 aliphatic rings. The second kappa shape index (κ2) is 14.8. The van der Waals surface area contributed by atoms with E-state index in [2.05, 4.69) is 64.8 Å². The molecule has 4 aromatic rings. The standard InChI is InChI=1S/C41H50N6O3S/c1-26(2)47-35-21-13-19-31(39-44-34(25-51-39)27-14-11-12-15-27)37(35)45-41(47)50-30-23-36-38(48)43-33-22-28(33)16-7-4-3-5-10-20-32(40(49)46(36)24-30)42-29-17-8-6-9-18-29/h6-9,13,16-19,21,25-28,30,32-33,36,42H,3-5,10-12,14-15,20,22-24H2,1-2H3,(H,43,48). The maximum atomic E-state index is 14.5. The first-order chi connectivity index (χ1) is 24.9. The zero-order chi connectivity index (χ0) is 34.9. The van der Waals surface area contributed by atoms with Gasteiger partial charge in [0.25, 0.3) is 6.01 Å². The van der Waals surface area contributed by atoms with Crippen LogP contribution in [0.4, 0.5) is 5.69 Å². The molecule has 1 saturated heterocycles. The lowest BCUT2D eigenvalue weighted by atomic mass is 10.0. The number of aromatic nitrogens is 3. The summed E-state index contributed by atoms with van der Waals surface area (Å²) in [5.74, 6) is 0.787. The number of carbonyl (C=O) groups is 2. The number of carbonyl (C=O) groups excluding carboxylic acids is 2. The molecule has 268 valence electrons. The smallest absolute Gasteiger partial charge is 0.297 e. The molecule has 2 N–H and O–H groups in total. The molecule has 51 heavy (non-hydrogen) atoms. The Balaban J connectivity index is 1.08. The van der Waals surface area contributed by atoms with Gasteiger partial charge in [-0.1, -0.05) is 62.1 Å². The normalized spacial score (nSPS) is 26.1. The lowest BCUT2D eigenvalue weighted by molar-refractivity contribution is -0.139. The van der Waals surface area contributed by atoms with Crippen LogP contribution in [0, 0.1) is 5.92 Å². The lowest BCUT2D eigenvalue weighted by Crippen LogP contribution is -2.51. The molecule has 4 heterocycles. The second-order valence-corrected chi connectivity index (χ2v) is 16.1. The molecule has 2 aromatic carbocycles. The third-order valence-corrected chi connectivity index (χ3v) is 12.1. The van der Waals surface area contributed by atoms with Crippen LogP contribution in [0.3, 0.4) is 0 Å². The highest BCUT2D eigenvalue weighted by molar-refractivity contribution is 7.13. The highest BCUT2D eigenvalue weighted by Gasteiger charge is 2.46. The summed E-state index contributed by atoms with van der Waals surface area (Å²) in [5, 5.41) is 10.0. The van der Waals surface area contributed by atoms with Crippen LogP contribution >= 0.6 is 11.3 Å². The molecule has 2 amide bonds. The first-order valence-electron chi connectivity index (χ1n) is 19.2. The summed E-state index contributed by atoms with van der Waals surface area (Å²) in [6, 6.07) is 15.9. The molecular formula is C41H50N6O3S. The van der Waals surface area contributed by atoms with Crippen molar-refractivity contribution in [3.8, 4) is 16.6 Å². The molecule has 5 atom stereocenters. The van der Waals surface area contributed by atoms with Crippen LogP contribution in [0.25, 0.3) is 21.6 Å². The number of para-hydroxylation sites is 2. The van der Waals surface area contributed by atoms with Crippen LogP contribution in [0.1, 0.15) is 102 Å².